The molecule has 16 rings (SSSR count). The molecule has 10 aromatic carbocycles. The molecule has 0 saturated carbocycles. The van der Waals surface area contributed by atoms with Crippen molar-refractivity contribution in [1.29, 1.82) is 10.5 Å². The number of anilines is 2. The van der Waals surface area contributed by atoms with Crippen molar-refractivity contribution in [2.45, 2.75) is 267 Å². The van der Waals surface area contributed by atoms with Gasteiger partial charge in [-0.15, -0.1) is 0 Å². The molecule has 6 aliphatic rings. The van der Waals surface area contributed by atoms with Gasteiger partial charge in [-0.1, -0.05) is 379 Å². The van der Waals surface area contributed by atoms with E-state index in [-0.39, 0.29) is 25.1 Å². The highest BCUT2D eigenvalue weighted by Gasteiger charge is 2.40. The second-order valence-electron chi connectivity index (χ2n) is 27.7. The number of Topliss-reactive ketones (excluding diaryl/α,β-unsaturated/α-hetero) is 1. The summed E-state index contributed by atoms with van der Waals surface area (Å²) >= 11 is 0. The normalized spacial score (nSPS) is 15.0. The van der Waals surface area contributed by atoms with Crippen LogP contribution in [-0.2, 0) is 49.8 Å². The van der Waals surface area contributed by atoms with Gasteiger partial charge in [0.1, 0.15) is 11.3 Å². The number of fused-ring (bicyclic) bond motifs is 4. The summed E-state index contributed by atoms with van der Waals surface area (Å²) in [6.07, 6.45) is 8.19. The number of carbonyl (C=O) groups excluding carboxylic acids is 1. The van der Waals surface area contributed by atoms with E-state index in [1.54, 1.807) is 0 Å². The van der Waals surface area contributed by atoms with E-state index >= 15 is 0 Å². The fourth-order valence-electron chi connectivity index (χ4n) is 13.6. The molecule has 0 atom stereocenters. The van der Waals surface area contributed by atoms with Gasteiger partial charge in [0.25, 0.3) is 0 Å². The maximum Gasteiger partial charge on any atom is 0.170 e. The van der Waals surface area contributed by atoms with Crippen molar-refractivity contribution in [3.63, 3.8) is 0 Å². The molecule has 0 amide bonds. The van der Waals surface area contributed by atoms with Crippen molar-refractivity contribution >= 4 is 68.3 Å². The molecule has 15 heteroatoms. The second-order valence-corrected chi connectivity index (χ2v) is 32.4. The van der Waals surface area contributed by atoms with Gasteiger partial charge in [-0.3, -0.25) is 24.2 Å². The summed E-state index contributed by atoms with van der Waals surface area (Å²) in [6.45, 7) is 62.0. The van der Waals surface area contributed by atoms with Gasteiger partial charge in [-0.2, -0.15) is 5.26 Å². The number of aryl methyl sites for hydroxylation is 1. The van der Waals surface area contributed by atoms with E-state index in [2.05, 4.69) is 214 Å². The number of carbonyl (C=O) groups is 1. The number of ether oxygens (including phenoxy) is 4. The number of nitrogen functional groups attached to an aromatic ring is 1. The Balaban J connectivity index is -0.000000669. The van der Waals surface area contributed by atoms with Crippen molar-refractivity contribution < 1.29 is 29.9 Å². The second kappa shape index (κ2) is 71.7. The number of para-hydroxylation sites is 2. The number of benzene rings is 10. The van der Waals surface area contributed by atoms with E-state index in [0.29, 0.717) is 18.6 Å². The van der Waals surface area contributed by atoms with Crippen molar-refractivity contribution in [2.75, 3.05) is 89.8 Å². The highest BCUT2D eigenvalue weighted by Crippen LogP contribution is 2.34. The minimum atomic E-state index is -1.33. The van der Waals surface area contributed by atoms with Gasteiger partial charge in [-0.05, 0) is 109 Å². The molecule has 13 nitrogen and oxygen atoms in total. The number of hydrogen-bond acceptors (Lipinski definition) is 13. The number of halogens is 1. The van der Waals surface area contributed by atoms with Crippen LogP contribution in [0.5, 0.6) is 0 Å². The van der Waals surface area contributed by atoms with E-state index in [0.717, 1.165) is 155 Å². The number of likely N-dealkylation sites (tertiary alicyclic amines) is 3. The molecule has 6 fully saturated rings. The first-order chi connectivity index (χ1) is 58.7. The first kappa shape index (κ1) is 117. The first-order valence-electron chi connectivity index (χ1n) is 46.0. The predicted molar refractivity (Wildman–Crippen MR) is 538 cm³/mol. The lowest BCUT2D eigenvalue weighted by Gasteiger charge is -2.38. The van der Waals surface area contributed by atoms with Gasteiger partial charge >= 0.3 is 0 Å². The molecule has 4 N–H and O–H groups in total. The minimum absolute atomic E-state index is 0. The summed E-state index contributed by atoms with van der Waals surface area (Å²) in [6, 6.07) is 82.4. The average Bonchev–Trinajstić information content (AvgIpc) is 1.79. The van der Waals surface area contributed by atoms with Crippen LogP contribution in [0.3, 0.4) is 0 Å². The molecule has 0 bridgehead atoms. The lowest BCUT2D eigenvalue weighted by Crippen LogP contribution is -2.48. The summed E-state index contributed by atoms with van der Waals surface area (Å²) in [5.41, 5.74) is 14.6. The Morgan fingerprint density at radius 2 is 0.664 bits per heavy atom. The third-order valence-corrected chi connectivity index (χ3v) is 20.0. The maximum atomic E-state index is 11.2. The van der Waals surface area contributed by atoms with Crippen molar-refractivity contribution in [3.8, 4) is 11.8 Å². The van der Waals surface area contributed by atoms with Crippen LogP contribution in [0.25, 0.3) is 43.1 Å². The zero-order valence-corrected chi connectivity index (χ0v) is 80.7. The van der Waals surface area contributed by atoms with E-state index in [9.17, 15) is 10.1 Å². The van der Waals surface area contributed by atoms with Crippen LogP contribution in [0.15, 0.2) is 231 Å². The smallest absolute Gasteiger partial charge is 0.170 e. The summed E-state index contributed by atoms with van der Waals surface area (Å²) in [7, 11) is -1.33. The van der Waals surface area contributed by atoms with Crippen LogP contribution >= 0.6 is 0 Å². The summed E-state index contributed by atoms with van der Waals surface area (Å²) in [4.78, 5) is 18.6. The van der Waals surface area contributed by atoms with E-state index in [1.807, 2.05) is 219 Å². The van der Waals surface area contributed by atoms with Crippen LogP contribution in [0.1, 0.15) is 228 Å². The summed E-state index contributed by atoms with van der Waals surface area (Å²) in [5.74, 6) is -0.0512. The maximum absolute atomic E-state index is 11.2. The Kier molecular flexibility index (Phi) is 69.0. The number of nitrogens with one attached hydrogen (secondary N) is 2. The van der Waals surface area contributed by atoms with Crippen LogP contribution in [0, 0.1) is 22.3 Å². The van der Waals surface area contributed by atoms with Crippen LogP contribution in [0.4, 0.5) is 16.1 Å². The van der Waals surface area contributed by atoms with Crippen LogP contribution in [0.2, 0.25) is 19.6 Å². The highest BCUT2D eigenvalue weighted by atomic mass is 28.3. The lowest BCUT2D eigenvalue weighted by atomic mass is 9.88. The average molecular weight is 1690 g/mol. The number of hydrogen-bond donors (Lipinski definition) is 3. The number of rotatable bonds is 9. The van der Waals surface area contributed by atoms with Crippen LogP contribution in [-0.4, -0.2) is 124 Å². The number of piperidine rings is 4. The number of ketones is 1. The minimum Gasteiger partial charge on any atom is -0.399 e. The molecule has 678 valence electrons. The molecule has 2 spiro atoms. The van der Waals surface area contributed by atoms with Gasteiger partial charge in [0.2, 0.25) is 0 Å². The number of nitriles is 2. The highest BCUT2D eigenvalue weighted by molar-refractivity contribution is 6.83. The number of nitrogens with two attached hydrogens (primary N) is 1. The molecule has 0 aromatic heterocycles. The van der Waals surface area contributed by atoms with E-state index in [4.69, 9.17) is 29.9 Å². The molecule has 6 aliphatic heterocycles. The quantitative estimate of drug-likeness (QED) is 0.0926. The largest absolute Gasteiger partial charge is 0.399 e. The van der Waals surface area contributed by atoms with Gasteiger partial charge < -0.3 is 35.3 Å². The van der Waals surface area contributed by atoms with Crippen molar-refractivity contribution in [2.24, 2.45) is 0 Å². The molecular formula is C107H169FN8O5Si. The topological polar surface area (TPSA) is 161 Å². The van der Waals surface area contributed by atoms with Crippen LogP contribution < -0.4 is 16.4 Å². The molecular weight excluding hydrogens is 1520 g/mol. The molecule has 122 heavy (non-hydrogen) atoms. The Morgan fingerprint density at radius 1 is 0.393 bits per heavy atom. The molecule has 6 heterocycles. The Morgan fingerprint density at radius 3 is 0.967 bits per heavy atom. The third-order valence-electron chi connectivity index (χ3n) is 19.3. The Bertz CT molecular complexity index is 4220. The fraction of sp³-hybridized carbons (Fsp3) is 0.486. The SMILES string of the molecule is C.C1CC2(CCN1)OCCO2.CC.CC.CC.CC.CC.CC.CC.CC.CC.CC.CCc1cccc2ccccc12.C[Si](C)(C)C#N.F.N#CC1(Nc2ccccc2)CCN(Cc2cccc3ccccc23)CC1.Nc1ccccc1.O=C1CCN(Cc2cccc3ccccc23)CC1.[HH].c1ccc2c(CN3CCC4(CC3)OCCO4)cccc2c1. The zero-order chi connectivity index (χ0) is 89.9. The van der Waals surface area contributed by atoms with Crippen molar-refractivity contribution in [3.05, 3.63) is 253 Å². The summed E-state index contributed by atoms with van der Waals surface area (Å²) in [5, 5.41) is 35.4. The Hall–Kier alpha value is -8.68. The standard InChI is InChI=1S/C23H23N3.C18H21NO2.C16H17NO.C12H12.C7H13NO2.C6H7N.C4H9NSi.10C2H6.CH4.FH.H2/c24-18-23(25-21-10-2-1-3-11-21)13-15-26(16-14-23)17-20-9-6-8-19-7-4-5-12-22(19)20;1-2-7-17-15(4-1)5-3-6-16(17)14-19-10-8-18(9-11-19)20-12-13-21-18;18-15-8-10-17(11-9-15)12-14-6-3-5-13-4-1-2-7-16(13)14;1-2-10-7-5-8-11-6-3-4-9-12(10)11;1-3-8-4-2-7(1)9-5-6-10-7;7-6-4-2-1-3-5-6;1-6(2,3)4-5;10*1-2;;;/h1-12,25H,13-17H2;1-7H,8-14H2;1-7H,8-12H2;3-9H,2H2,1H3;8H,1-6H2;1-5H,7H2;1-3H3;10*1-2H3;1H4;2*1H. The lowest BCUT2D eigenvalue weighted by molar-refractivity contribution is -0.185. The first-order valence-corrected chi connectivity index (χ1v) is 49.5. The van der Waals surface area contributed by atoms with Gasteiger partial charge in [-0.25, -0.2) is 5.26 Å². The van der Waals surface area contributed by atoms with Crippen molar-refractivity contribution in [1.82, 2.24) is 20.0 Å². The Labute approximate surface area is 745 Å². The monoisotopic (exact) mass is 1690 g/mol. The number of nitrogens with zero attached hydrogens (tertiary/aromatic N) is 5. The van der Waals surface area contributed by atoms with E-state index < -0.39 is 13.6 Å². The molecule has 0 aliphatic carbocycles. The zero-order valence-electron chi connectivity index (χ0n) is 79.7. The summed E-state index contributed by atoms with van der Waals surface area (Å²) < 4.78 is 22.6. The van der Waals surface area contributed by atoms with E-state index in [1.165, 1.54) is 65.3 Å². The third kappa shape index (κ3) is 42.6. The van der Waals surface area contributed by atoms with Gasteiger partial charge in [0.05, 0.1) is 32.5 Å². The molecule has 6 saturated heterocycles. The molecule has 0 unspecified atom stereocenters. The molecule has 10 aromatic rings. The molecule has 0 radical (unpaired) electrons. The van der Waals surface area contributed by atoms with Gasteiger partial charge in [0, 0.05) is 129 Å². The predicted octanol–water partition coefficient (Wildman–Crippen LogP) is 28.5. The van der Waals surface area contributed by atoms with Gasteiger partial charge in [0.15, 0.2) is 19.6 Å². The fourth-order valence-corrected chi connectivity index (χ4v) is 13.6.